The summed E-state index contributed by atoms with van der Waals surface area (Å²) < 4.78 is 0. The Labute approximate surface area is 137 Å². The van der Waals surface area contributed by atoms with Crippen LogP contribution in [0.25, 0.3) is 10.8 Å². The number of hydrogen-bond acceptors (Lipinski definition) is 0. The molecule has 2 aromatic rings. The summed E-state index contributed by atoms with van der Waals surface area (Å²) in [5, 5.41) is 2.88. The van der Waals surface area contributed by atoms with Crippen molar-refractivity contribution < 1.29 is 26.2 Å². The number of hydrogen-bond donors (Lipinski definition) is 0. The van der Waals surface area contributed by atoms with E-state index in [9.17, 15) is 0 Å². The van der Waals surface area contributed by atoms with E-state index in [0.29, 0.717) is 17.8 Å². The van der Waals surface area contributed by atoms with Gasteiger partial charge in [-0.25, -0.2) is 0 Å². The molecule has 0 aliphatic rings. The van der Waals surface area contributed by atoms with E-state index in [-0.39, 0.29) is 26.2 Å². The summed E-state index contributed by atoms with van der Waals surface area (Å²) in [6.45, 7) is 13.7. The van der Waals surface area contributed by atoms with E-state index in [1.165, 1.54) is 27.5 Å². The normalized spacial score (nSPS) is 11.6. The van der Waals surface area contributed by atoms with Crippen LogP contribution in [0.5, 0.6) is 0 Å². The molecule has 0 saturated heterocycles. The van der Waals surface area contributed by atoms with Crippen LogP contribution < -0.4 is 0 Å². The Balaban J connectivity index is 0.00000180. The summed E-state index contributed by atoms with van der Waals surface area (Å²) in [6, 6.07) is 9.54. The molecule has 0 heterocycles. The maximum atomic E-state index is 2.40. The smallest absolute Gasteiger partial charge is 0 e. The van der Waals surface area contributed by atoms with Crippen molar-refractivity contribution in [2.24, 2.45) is 0 Å². The summed E-state index contributed by atoms with van der Waals surface area (Å²) in [7, 11) is 0. The topological polar surface area (TPSA) is 0 Å². The van der Waals surface area contributed by atoms with E-state index in [2.05, 4.69) is 65.8 Å². The molecule has 2 rings (SSSR count). The summed E-state index contributed by atoms with van der Waals surface area (Å²) in [5.74, 6) is 1.80. The molecular weight excluding hydrogens is 307 g/mol. The standard InChI is InChI=1S/C18H25.Zr/c1-11(2)14-7-16-8-15(12(3)4)10-18(16)17(9-14)13(5)6;/h7-13H,1-6H3;/q-1;. The second-order valence-corrected chi connectivity index (χ2v) is 6.37. The maximum absolute atomic E-state index is 2.40. The molecule has 0 unspecified atom stereocenters. The van der Waals surface area contributed by atoms with E-state index in [1.807, 2.05) is 0 Å². The first-order chi connectivity index (χ1) is 8.40. The second-order valence-electron chi connectivity index (χ2n) is 6.37. The van der Waals surface area contributed by atoms with E-state index in [4.69, 9.17) is 0 Å². The zero-order chi connectivity index (χ0) is 13.4. The predicted molar refractivity (Wildman–Crippen MR) is 81.8 cm³/mol. The molecule has 0 radical (unpaired) electrons. The SMILES string of the molecule is CC(C)c1cc(C(C)C)c2cc(C(C)C)[cH-]c2c1.[Zr]. The third-order valence-corrected chi connectivity index (χ3v) is 3.85. The van der Waals surface area contributed by atoms with Crippen LogP contribution in [0, 0.1) is 0 Å². The predicted octanol–water partition coefficient (Wildman–Crippen LogP) is 5.93. The van der Waals surface area contributed by atoms with E-state index in [0.717, 1.165) is 0 Å². The van der Waals surface area contributed by atoms with Crippen LogP contribution in [0.4, 0.5) is 0 Å². The Morgan fingerprint density at radius 1 is 0.789 bits per heavy atom. The van der Waals surface area contributed by atoms with Gasteiger partial charge in [0.25, 0.3) is 0 Å². The monoisotopic (exact) mass is 331 g/mol. The Kier molecular flexibility index (Phi) is 5.68. The molecule has 0 aromatic heterocycles. The van der Waals surface area contributed by atoms with Crippen LogP contribution >= 0.6 is 0 Å². The molecule has 0 aliphatic heterocycles. The fraction of sp³-hybridized carbons (Fsp3) is 0.500. The molecule has 1 heteroatoms. The Morgan fingerprint density at radius 3 is 1.89 bits per heavy atom. The number of fused-ring (bicyclic) bond motifs is 1. The van der Waals surface area contributed by atoms with Crippen molar-refractivity contribution in [2.45, 2.75) is 59.3 Å². The van der Waals surface area contributed by atoms with Crippen LogP contribution in [0.1, 0.15) is 76.0 Å². The first kappa shape index (κ1) is 16.8. The first-order valence-electron chi connectivity index (χ1n) is 7.14. The van der Waals surface area contributed by atoms with Gasteiger partial charge in [-0.2, -0.15) is 6.07 Å². The molecule has 0 amide bonds. The molecule has 0 aliphatic carbocycles. The molecule has 0 fully saturated rings. The molecule has 2 aromatic carbocycles. The van der Waals surface area contributed by atoms with Gasteiger partial charge in [-0.05, 0) is 17.8 Å². The van der Waals surface area contributed by atoms with E-state index < -0.39 is 0 Å². The third-order valence-electron chi connectivity index (χ3n) is 3.85. The maximum Gasteiger partial charge on any atom is 0 e. The van der Waals surface area contributed by atoms with Crippen molar-refractivity contribution in [3.8, 4) is 0 Å². The van der Waals surface area contributed by atoms with Crippen LogP contribution in [-0.2, 0) is 26.2 Å². The molecule has 19 heavy (non-hydrogen) atoms. The number of rotatable bonds is 3. The molecule has 0 N–H and O–H groups in total. The van der Waals surface area contributed by atoms with Crippen molar-refractivity contribution in [1.82, 2.24) is 0 Å². The average Bonchev–Trinajstić information content (AvgIpc) is 2.70. The minimum Gasteiger partial charge on any atom is -0.164 e. The summed E-state index contributed by atoms with van der Waals surface area (Å²) in [6.07, 6.45) is 0. The Morgan fingerprint density at radius 2 is 1.42 bits per heavy atom. The minimum absolute atomic E-state index is 0. The van der Waals surface area contributed by atoms with Gasteiger partial charge >= 0.3 is 0 Å². The van der Waals surface area contributed by atoms with Gasteiger partial charge in [0.2, 0.25) is 0 Å². The van der Waals surface area contributed by atoms with Crippen LogP contribution in [0.15, 0.2) is 24.3 Å². The second kappa shape index (κ2) is 6.44. The zero-order valence-corrected chi connectivity index (χ0v) is 15.5. The van der Waals surface area contributed by atoms with Crippen LogP contribution in [-0.4, -0.2) is 0 Å². The van der Waals surface area contributed by atoms with Crippen molar-refractivity contribution in [2.75, 3.05) is 0 Å². The van der Waals surface area contributed by atoms with Crippen molar-refractivity contribution >= 4 is 10.8 Å². The van der Waals surface area contributed by atoms with Gasteiger partial charge in [-0.1, -0.05) is 58.7 Å². The largest absolute Gasteiger partial charge is 0.164 e. The molecular formula is C18H25Zr-. The van der Waals surface area contributed by atoms with Gasteiger partial charge in [-0.3, -0.25) is 0 Å². The van der Waals surface area contributed by atoms with Gasteiger partial charge in [0.15, 0.2) is 0 Å². The first-order valence-corrected chi connectivity index (χ1v) is 7.14. The van der Waals surface area contributed by atoms with Crippen molar-refractivity contribution in [1.29, 1.82) is 0 Å². The molecule has 0 bridgehead atoms. The van der Waals surface area contributed by atoms with Crippen molar-refractivity contribution in [3.63, 3.8) is 0 Å². The molecule has 0 atom stereocenters. The fourth-order valence-electron chi connectivity index (χ4n) is 2.54. The molecule has 0 nitrogen and oxygen atoms in total. The summed E-state index contributed by atoms with van der Waals surface area (Å²) in [5.41, 5.74) is 4.43. The molecule has 0 saturated carbocycles. The summed E-state index contributed by atoms with van der Waals surface area (Å²) in [4.78, 5) is 0. The summed E-state index contributed by atoms with van der Waals surface area (Å²) >= 11 is 0. The van der Waals surface area contributed by atoms with Gasteiger partial charge in [0.1, 0.15) is 0 Å². The van der Waals surface area contributed by atoms with E-state index in [1.54, 1.807) is 0 Å². The quantitative estimate of drug-likeness (QED) is 0.611. The molecule has 102 valence electrons. The van der Waals surface area contributed by atoms with Crippen LogP contribution in [0.3, 0.4) is 0 Å². The van der Waals surface area contributed by atoms with Gasteiger partial charge in [-0.15, -0.1) is 28.5 Å². The Bertz CT molecular complexity index is 544. The third kappa shape index (κ3) is 3.43. The minimum atomic E-state index is 0. The average molecular weight is 333 g/mol. The van der Waals surface area contributed by atoms with Gasteiger partial charge < -0.3 is 0 Å². The number of benzene rings is 1. The van der Waals surface area contributed by atoms with Crippen LogP contribution in [0.2, 0.25) is 0 Å². The fourth-order valence-corrected chi connectivity index (χ4v) is 2.54. The van der Waals surface area contributed by atoms with Crippen molar-refractivity contribution in [3.05, 3.63) is 41.0 Å². The van der Waals surface area contributed by atoms with E-state index >= 15 is 0 Å². The van der Waals surface area contributed by atoms with Gasteiger partial charge in [0.05, 0.1) is 0 Å². The van der Waals surface area contributed by atoms with Gasteiger partial charge in [0, 0.05) is 26.2 Å². The molecule has 0 spiro atoms. The zero-order valence-electron chi connectivity index (χ0n) is 13.0. The Hall–Kier alpha value is -0.287.